The van der Waals surface area contributed by atoms with Gasteiger partial charge in [-0.3, -0.25) is 0 Å². The Morgan fingerprint density at radius 1 is 1.19 bits per heavy atom. The van der Waals surface area contributed by atoms with Gasteiger partial charge in [0.05, 0.1) is 0 Å². The van der Waals surface area contributed by atoms with Gasteiger partial charge in [-0.25, -0.2) is 0 Å². The molecule has 1 rings (SSSR count). The van der Waals surface area contributed by atoms with Gasteiger partial charge in [-0.1, -0.05) is 24.6 Å². The molecule has 0 amide bonds. The lowest BCUT2D eigenvalue weighted by molar-refractivity contribution is 0.812. The zero-order chi connectivity index (χ0) is 12.1. The molecule has 0 aliphatic carbocycles. The Kier molecular flexibility index (Phi) is 5.36. The number of aryl methyl sites for hydroxylation is 3. The first-order valence-corrected chi connectivity index (χ1v) is 7.12. The van der Waals surface area contributed by atoms with E-state index in [1.807, 2.05) is 11.8 Å². The van der Waals surface area contributed by atoms with Gasteiger partial charge in [-0.05, 0) is 49.6 Å². The number of hydrogen-bond acceptors (Lipinski definition) is 2. The van der Waals surface area contributed by atoms with E-state index in [0.29, 0.717) is 0 Å². The molecule has 0 radical (unpaired) electrons. The Hall–Kier alpha value is -0.470. The molecule has 1 aromatic rings. The minimum Gasteiger partial charge on any atom is -0.323 e. The summed E-state index contributed by atoms with van der Waals surface area (Å²) in [5.74, 6) is 2.23. The largest absolute Gasteiger partial charge is 0.323 e. The van der Waals surface area contributed by atoms with Crippen LogP contribution in [0.2, 0.25) is 0 Å². The first-order valence-electron chi connectivity index (χ1n) is 5.97. The van der Waals surface area contributed by atoms with E-state index in [4.69, 9.17) is 5.73 Å². The quantitative estimate of drug-likeness (QED) is 0.789. The van der Waals surface area contributed by atoms with Crippen LogP contribution >= 0.6 is 11.8 Å². The van der Waals surface area contributed by atoms with Crippen LogP contribution < -0.4 is 5.73 Å². The molecule has 0 aliphatic rings. The number of rotatable bonds is 5. The summed E-state index contributed by atoms with van der Waals surface area (Å²) in [7, 11) is 0. The number of thioether (sulfide) groups is 1. The van der Waals surface area contributed by atoms with E-state index in [0.717, 1.165) is 5.75 Å². The Labute approximate surface area is 104 Å². The molecule has 0 saturated heterocycles. The topological polar surface area (TPSA) is 26.0 Å². The van der Waals surface area contributed by atoms with Gasteiger partial charge in [0.2, 0.25) is 0 Å². The smallest absolute Gasteiger partial charge is 0.0392 e. The molecule has 0 spiro atoms. The van der Waals surface area contributed by atoms with Crippen molar-refractivity contribution in [2.45, 2.75) is 40.2 Å². The standard InChI is InChI=1S/C14H23NS/c1-5-6-16-9-13(15)14-11(3)7-10(2)8-12(14)4/h7-8,13H,5-6,9,15H2,1-4H3. The maximum atomic E-state index is 6.27. The lowest BCUT2D eigenvalue weighted by Gasteiger charge is -2.18. The zero-order valence-electron chi connectivity index (χ0n) is 10.8. The highest BCUT2D eigenvalue weighted by molar-refractivity contribution is 7.99. The summed E-state index contributed by atoms with van der Waals surface area (Å²) in [4.78, 5) is 0. The van der Waals surface area contributed by atoms with Crippen molar-refractivity contribution in [3.63, 3.8) is 0 Å². The van der Waals surface area contributed by atoms with E-state index in [1.54, 1.807) is 0 Å². The normalized spacial score (nSPS) is 12.8. The minimum absolute atomic E-state index is 0.178. The first kappa shape index (κ1) is 13.6. The van der Waals surface area contributed by atoms with E-state index < -0.39 is 0 Å². The van der Waals surface area contributed by atoms with Crippen molar-refractivity contribution >= 4 is 11.8 Å². The average molecular weight is 237 g/mol. The van der Waals surface area contributed by atoms with Gasteiger partial charge in [0.25, 0.3) is 0 Å². The maximum Gasteiger partial charge on any atom is 0.0392 e. The number of nitrogens with two attached hydrogens (primary N) is 1. The Balaban J connectivity index is 2.78. The molecule has 2 heteroatoms. The predicted molar refractivity (Wildman–Crippen MR) is 75.2 cm³/mol. The van der Waals surface area contributed by atoms with Crippen molar-refractivity contribution in [3.05, 3.63) is 34.4 Å². The van der Waals surface area contributed by atoms with Crippen LogP contribution in [0, 0.1) is 20.8 Å². The second-order valence-electron chi connectivity index (χ2n) is 4.49. The van der Waals surface area contributed by atoms with Crippen molar-refractivity contribution in [3.8, 4) is 0 Å². The van der Waals surface area contributed by atoms with Gasteiger partial charge in [0, 0.05) is 11.8 Å². The van der Waals surface area contributed by atoms with Crippen LogP contribution in [0.3, 0.4) is 0 Å². The Morgan fingerprint density at radius 3 is 2.25 bits per heavy atom. The summed E-state index contributed by atoms with van der Waals surface area (Å²) in [5, 5.41) is 0. The third-order valence-corrected chi connectivity index (χ3v) is 4.05. The van der Waals surface area contributed by atoms with Gasteiger partial charge in [0.15, 0.2) is 0 Å². The third kappa shape index (κ3) is 3.53. The molecule has 1 nitrogen and oxygen atoms in total. The molecule has 0 bridgehead atoms. The fourth-order valence-electron chi connectivity index (χ4n) is 2.21. The van der Waals surface area contributed by atoms with Gasteiger partial charge in [-0.2, -0.15) is 11.8 Å². The molecular formula is C14H23NS. The highest BCUT2D eigenvalue weighted by atomic mass is 32.2. The fraction of sp³-hybridized carbons (Fsp3) is 0.571. The van der Waals surface area contributed by atoms with Crippen molar-refractivity contribution in [1.29, 1.82) is 0 Å². The van der Waals surface area contributed by atoms with Crippen molar-refractivity contribution in [2.75, 3.05) is 11.5 Å². The van der Waals surface area contributed by atoms with E-state index >= 15 is 0 Å². The maximum absolute atomic E-state index is 6.27. The SMILES string of the molecule is CCCSCC(N)c1c(C)cc(C)cc1C. The zero-order valence-corrected chi connectivity index (χ0v) is 11.7. The summed E-state index contributed by atoms with van der Waals surface area (Å²) in [6.45, 7) is 8.68. The Bertz CT molecular complexity index is 324. The van der Waals surface area contributed by atoms with Crippen molar-refractivity contribution in [1.82, 2.24) is 0 Å². The molecule has 2 N–H and O–H groups in total. The highest BCUT2D eigenvalue weighted by Crippen LogP contribution is 2.24. The van der Waals surface area contributed by atoms with Gasteiger partial charge < -0.3 is 5.73 Å². The van der Waals surface area contributed by atoms with Crippen LogP contribution in [0.15, 0.2) is 12.1 Å². The molecule has 16 heavy (non-hydrogen) atoms. The molecule has 0 heterocycles. The molecule has 0 aromatic heterocycles. The van der Waals surface area contributed by atoms with Crippen molar-refractivity contribution in [2.24, 2.45) is 5.73 Å². The molecule has 1 unspecified atom stereocenters. The van der Waals surface area contributed by atoms with Crippen LogP contribution in [-0.2, 0) is 0 Å². The van der Waals surface area contributed by atoms with Crippen LogP contribution in [0.1, 0.15) is 41.6 Å². The molecule has 0 aliphatic heterocycles. The molecular weight excluding hydrogens is 214 g/mol. The van der Waals surface area contributed by atoms with E-state index in [2.05, 4.69) is 39.8 Å². The fourth-order valence-corrected chi connectivity index (χ4v) is 3.09. The highest BCUT2D eigenvalue weighted by Gasteiger charge is 2.12. The summed E-state index contributed by atoms with van der Waals surface area (Å²) in [5.41, 5.74) is 11.6. The van der Waals surface area contributed by atoms with Crippen LogP contribution in [0.4, 0.5) is 0 Å². The monoisotopic (exact) mass is 237 g/mol. The summed E-state index contributed by atoms with van der Waals surface area (Å²) < 4.78 is 0. The summed E-state index contributed by atoms with van der Waals surface area (Å²) in [6, 6.07) is 4.64. The van der Waals surface area contributed by atoms with E-state index in [1.165, 1.54) is 34.4 Å². The lowest BCUT2D eigenvalue weighted by atomic mass is 9.95. The summed E-state index contributed by atoms with van der Waals surface area (Å²) >= 11 is 1.95. The van der Waals surface area contributed by atoms with E-state index in [9.17, 15) is 0 Å². The molecule has 1 aromatic carbocycles. The van der Waals surface area contributed by atoms with Crippen LogP contribution in [0.25, 0.3) is 0 Å². The minimum atomic E-state index is 0.178. The second-order valence-corrected chi connectivity index (χ2v) is 5.64. The van der Waals surface area contributed by atoms with E-state index in [-0.39, 0.29) is 6.04 Å². The van der Waals surface area contributed by atoms with Gasteiger partial charge in [-0.15, -0.1) is 0 Å². The number of benzene rings is 1. The Morgan fingerprint density at radius 2 is 1.75 bits per heavy atom. The number of hydrogen-bond donors (Lipinski definition) is 1. The summed E-state index contributed by atoms with van der Waals surface area (Å²) in [6.07, 6.45) is 1.23. The van der Waals surface area contributed by atoms with Gasteiger partial charge in [0.1, 0.15) is 0 Å². The third-order valence-electron chi connectivity index (χ3n) is 2.75. The first-order chi connectivity index (χ1) is 7.56. The lowest BCUT2D eigenvalue weighted by Crippen LogP contribution is -2.16. The van der Waals surface area contributed by atoms with Crippen molar-refractivity contribution < 1.29 is 0 Å². The average Bonchev–Trinajstić information content (AvgIpc) is 2.16. The second kappa shape index (κ2) is 6.31. The molecule has 0 fully saturated rings. The molecule has 1 atom stereocenters. The molecule has 0 saturated carbocycles. The predicted octanol–water partition coefficient (Wildman–Crippen LogP) is 3.75. The van der Waals surface area contributed by atoms with Crippen LogP contribution in [0.5, 0.6) is 0 Å². The van der Waals surface area contributed by atoms with Gasteiger partial charge >= 0.3 is 0 Å². The van der Waals surface area contributed by atoms with Crippen LogP contribution in [-0.4, -0.2) is 11.5 Å². The molecule has 90 valence electrons.